The van der Waals surface area contributed by atoms with Gasteiger partial charge in [0.05, 0.1) is 7.11 Å². The maximum Gasteiger partial charge on any atom is 0.328 e. The van der Waals surface area contributed by atoms with Crippen LogP contribution in [0.3, 0.4) is 0 Å². The number of phenols is 2. The zero-order valence-electron chi connectivity index (χ0n) is 11.2. The maximum absolute atomic E-state index is 12.5. The third-order valence-corrected chi connectivity index (χ3v) is 3.47. The number of piperidine rings is 1. The molecule has 1 heterocycles. The zero-order valence-corrected chi connectivity index (χ0v) is 11.2. The zero-order chi connectivity index (χ0) is 14.7. The Hall–Kier alpha value is -2.24. The molecule has 0 radical (unpaired) electrons. The van der Waals surface area contributed by atoms with Crippen molar-refractivity contribution in [1.82, 2.24) is 4.90 Å². The highest BCUT2D eigenvalue weighted by Crippen LogP contribution is 2.30. The van der Waals surface area contributed by atoms with E-state index in [0.717, 1.165) is 12.8 Å². The number of esters is 1. The van der Waals surface area contributed by atoms with E-state index in [4.69, 9.17) is 4.74 Å². The number of carbonyl (C=O) groups is 2. The third-order valence-electron chi connectivity index (χ3n) is 3.47. The van der Waals surface area contributed by atoms with Crippen LogP contribution in [-0.2, 0) is 9.53 Å². The molecule has 0 aromatic heterocycles. The van der Waals surface area contributed by atoms with Gasteiger partial charge in [-0.2, -0.15) is 0 Å². The number of nitrogens with zero attached hydrogens (tertiary/aromatic N) is 1. The average Bonchev–Trinajstić information content (AvgIpc) is 2.46. The molecule has 6 heteroatoms. The predicted molar refractivity (Wildman–Crippen MR) is 70.5 cm³/mol. The van der Waals surface area contributed by atoms with E-state index in [1.54, 1.807) is 0 Å². The van der Waals surface area contributed by atoms with E-state index in [0.29, 0.717) is 13.0 Å². The summed E-state index contributed by atoms with van der Waals surface area (Å²) >= 11 is 0. The van der Waals surface area contributed by atoms with Crippen LogP contribution in [-0.4, -0.2) is 46.7 Å². The van der Waals surface area contributed by atoms with E-state index in [2.05, 4.69) is 0 Å². The molecule has 1 aromatic rings. The van der Waals surface area contributed by atoms with Crippen molar-refractivity contribution in [1.29, 1.82) is 0 Å². The molecular formula is C14H17NO5. The van der Waals surface area contributed by atoms with Gasteiger partial charge in [-0.1, -0.05) is 6.07 Å². The standard InChI is InChI=1S/C14H17NO5/c1-20-14(19)9-5-2-3-8-15(9)13(18)12-10(16)6-4-7-11(12)17/h4,6-7,9,16-17H,2-3,5,8H2,1H3. The van der Waals surface area contributed by atoms with Crippen LogP contribution in [0.5, 0.6) is 11.5 Å². The topological polar surface area (TPSA) is 87.1 Å². The second-order valence-corrected chi connectivity index (χ2v) is 4.70. The first kappa shape index (κ1) is 14.2. The van der Waals surface area contributed by atoms with Gasteiger partial charge in [-0.15, -0.1) is 0 Å². The fourth-order valence-corrected chi connectivity index (χ4v) is 2.45. The average molecular weight is 279 g/mol. The SMILES string of the molecule is COC(=O)C1CCCCN1C(=O)c1c(O)cccc1O. The Morgan fingerprint density at radius 1 is 1.25 bits per heavy atom. The first-order valence-corrected chi connectivity index (χ1v) is 6.46. The lowest BCUT2D eigenvalue weighted by Gasteiger charge is -2.34. The minimum absolute atomic E-state index is 0.177. The van der Waals surface area contributed by atoms with Gasteiger partial charge < -0.3 is 19.8 Å². The molecule has 1 atom stereocenters. The molecule has 2 rings (SSSR count). The number of hydrogen-bond donors (Lipinski definition) is 2. The van der Waals surface area contributed by atoms with Gasteiger partial charge in [0.1, 0.15) is 23.1 Å². The molecule has 108 valence electrons. The maximum atomic E-state index is 12.5. The molecular weight excluding hydrogens is 262 g/mol. The molecule has 1 unspecified atom stereocenters. The Balaban J connectivity index is 2.33. The molecule has 0 saturated carbocycles. The number of aromatic hydroxyl groups is 2. The van der Waals surface area contributed by atoms with Crippen molar-refractivity contribution >= 4 is 11.9 Å². The molecule has 0 bridgehead atoms. The summed E-state index contributed by atoms with van der Waals surface area (Å²) in [5.74, 6) is -1.64. The number of amides is 1. The van der Waals surface area contributed by atoms with Gasteiger partial charge in [0.25, 0.3) is 5.91 Å². The first-order valence-electron chi connectivity index (χ1n) is 6.46. The van der Waals surface area contributed by atoms with Gasteiger partial charge in [0.15, 0.2) is 0 Å². The van der Waals surface area contributed by atoms with Crippen molar-refractivity contribution in [2.24, 2.45) is 0 Å². The molecule has 1 amide bonds. The molecule has 0 aliphatic carbocycles. The number of methoxy groups -OCH3 is 1. The van der Waals surface area contributed by atoms with Crippen molar-refractivity contribution in [2.75, 3.05) is 13.7 Å². The molecule has 1 aromatic carbocycles. The van der Waals surface area contributed by atoms with E-state index in [1.807, 2.05) is 0 Å². The van der Waals surface area contributed by atoms with Gasteiger partial charge >= 0.3 is 5.97 Å². The lowest BCUT2D eigenvalue weighted by atomic mass is 10.0. The van der Waals surface area contributed by atoms with E-state index in [1.165, 1.54) is 30.2 Å². The van der Waals surface area contributed by atoms with Gasteiger partial charge in [-0.05, 0) is 31.4 Å². The normalized spacial score (nSPS) is 18.6. The van der Waals surface area contributed by atoms with E-state index >= 15 is 0 Å². The van der Waals surface area contributed by atoms with Gasteiger partial charge in [0, 0.05) is 6.54 Å². The monoisotopic (exact) mass is 279 g/mol. The first-order chi connectivity index (χ1) is 9.56. The molecule has 0 spiro atoms. The Bertz CT molecular complexity index is 508. The molecule has 1 aliphatic heterocycles. The number of rotatable bonds is 2. The van der Waals surface area contributed by atoms with Crippen molar-refractivity contribution in [3.63, 3.8) is 0 Å². The second kappa shape index (κ2) is 5.81. The van der Waals surface area contributed by atoms with Gasteiger partial charge in [-0.3, -0.25) is 4.79 Å². The van der Waals surface area contributed by atoms with Crippen LogP contribution < -0.4 is 0 Å². The number of carbonyl (C=O) groups excluding carboxylic acids is 2. The highest BCUT2D eigenvalue weighted by Gasteiger charge is 2.35. The number of benzene rings is 1. The highest BCUT2D eigenvalue weighted by atomic mass is 16.5. The summed E-state index contributed by atoms with van der Waals surface area (Å²) in [6, 6.07) is 3.42. The summed E-state index contributed by atoms with van der Waals surface area (Å²) in [5.41, 5.74) is -0.177. The molecule has 1 saturated heterocycles. The summed E-state index contributed by atoms with van der Waals surface area (Å²) in [5, 5.41) is 19.5. The van der Waals surface area contributed by atoms with Crippen molar-refractivity contribution in [3.8, 4) is 11.5 Å². The van der Waals surface area contributed by atoms with Crippen LogP contribution in [0, 0.1) is 0 Å². The van der Waals surface area contributed by atoms with Crippen molar-refractivity contribution in [2.45, 2.75) is 25.3 Å². The quantitative estimate of drug-likeness (QED) is 0.796. The molecule has 2 N–H and O–H groups in total. The summed E-state index contributed by atoms with van der Waals surface area (Å²) in [4.78, 5) is 25.6. The summed E-state index contributed by atoms with van der Waals surface area (Å²) in [7, 11) is 1.27. The van der Waals surface area contributed by atoms with E-state index in [9.17, 15) is 19.8 Å². The Morgan fingerprint density at radius 3 is 2.50 bits per heavy atom. The third kappa shape index (κ3) is 2.54. The van der Waals surface area contributed by atoms with E-state index in [-0.39, 0.29) is 17.1 Å². The minimum atomic E-state index is -0.666. The summed E-state index contributed by atoms with van der Waals surface area (Å²) in [6.07, 6.45) is 2.12. The fourth-order valence-electron chi connectivity index (χ4n) is 2.45. The number of phenolic OH excluding ortho intramolecular Hbond substituents is 2. The fraction of sp³-hybridized carbons (Fsp3) is 0.429. The van der Waals surface area contributed by atoms with Crippen LogP contribution >= 0.6 is 0 Å². The van der Waals surface area contributed by atoms with Gasteiger partial charge in [0.2, 0.25) is 0 Å². The van der Waals surface area contributed by atoms with Crippen LogP contribution in [0.4, 0.5) is 0 Å². The molecule has 20 heavy (non-hydrogen) atoms. The van der Waals surface area contributed by atoms with Gasteiger partial charge in [-0.25, -0.2) is 4.79 Å². The smallest absolute Gasteiger partial charge is 0.328 e. The van der Waals surface area contributed by atoms with Crippen LogP contribution in [0.15, 0.2) is 18.2 Å². The predicted octanol–water partition coefficient (Wildman–Crippen LogP) is 1.27. The molecule has 6 nitrogen and oxygen atoms in total. The molecule has 1 fully saturated rings. The summed E-state index contributed by atoms with van der Waals surface area (Å²) in [6.45, 7) is 0.395. The molecule has 1 aliphatic rings. The minimum Gasteiger partial charge on any atom is -0.507 e. The largest absolute Gasteiger partial charge is 0.507 e. The van der Waals surface area contributed by atoms with Crippen LogP contribution in [0.25, 0.3) is 0 Å². The number of likely N-dealkylation sites (tertiary alicyclic amines) is 1. The Labute approximate surface area is 116 Å². The highest BCUT2D eigenvalue weighted by molar-refractivity contribution is 6.01. The number of ether oxygens (including phenoxy) is 1. The lowest BCUT2D eigenvalue weighted by Crippen LogP contribution is -2.48. The van der Waals surface area contributed by atoms with Crippen LogP contribution in [0.2, 0.25) is 0 Å². The van der Waals surface area contributed by atoms with E-state index < -0.39 is 17.9 Å². The lowest BCUT2D eigenvalue weighted by molar-refractivity contribution is -0.147. The van der Waals surface area contributed by atoms with Crippen molar-refractivity contribution in [3.05, 3.63) is 23.8 Å². The summed E-state index contributed by atoms with van der Waals surface area (Å²) < 4.78 is 4.71. The second-order valence-electron chi connectivity index (χ2n) is 4.70. The Morgan fingerprint density at radius 2 is 1.90 bits per heavy atom. The van der Waals surface area contributed by atoms with Crippen molar-refractivity contribution < 1.29 is 24.5 Å². The number of hydrogen-bond acceptors (Lipinski definition) is 5. The van der Waals surface area contributed by atoms with Crippen LogP contribution in [0.1, 0.15) is 29.6 Å². The Kier molecular flexibility index (Phi) is 4.12.